The predicted octanol–water partition coefficient (Wildman–Crippen LogP) is 2.78. The molecule has 1 aliphatic heterocycles. The maximum atomic E-state index is 12.3. The van der Waals surface area contributed by atoms with Crippen LogP contribution >= 0.6 is 0 Å². The number of hydrogen-bond donors (Lipinski definition) is 4. The van der Waals surface area contributed by atoms with E-state index in [0.29, 0.717) is 12.0 Å². The Kier molecular flexibility index (Phi) is 13.0. The van der Waals surface area contributed by atoms with E-state index in [4.69, 9.17) is 15.6 Å². The average Bonchev–Trinajstić information content (AvgIpc) is 3.04. The van der Waals surface area contributed by atoms with Gasteiger partial charge < -0.3 is 26.0 Å². The van der Waals surface area contributed by atoms with Crippen molar-refractivity contribution in [2.24, 2.45) is 5.73 Å². The van der Waals surface area contributed by atoms with Gasteiger partial charge in [0.05, 0.1) is 12.1 Å². The van der Waals surface area contributed by atoms with E-state index in [-0.39, 0.29) is 12.8 Å². The molecule has 0 aromatic rings. The molecule has 0 fully saturated rings. The number of carboxylic acids is 1. The van der Waals surface area contributed by atoms with Crippen LogP contribution in [0.2, 0.25) is 0 Å². The van der Waals surface area contributed by atoms with Gasteiger partial charge in [-0.3, -0.25) is 9.59 Å². The standard InChI is InChI=1S/C22H38N2O6/c1-2-3-4-5-6-7-8-9-10-11-12-18(16-15-20(27)30-22(16)29)24-21(28)17(23)13-14-19(25)26/h15,17-18,22,29H,2-14,23H2,1H3,(H,24,28)(H,25,26). The normalized spacial score (nSPS) is 17.9. The Hall–Kier alpha value is -1.93. The number of unbranched alkanes of at least 4 members (excludes halogenated alkanes) is 9. The van der Waals surface area contributed by atoms with Crippen molar-refractivity contribution in [1.82, 2.24) is 5.32 Å². The Morgan fingerprint density at radius 1 is 1.07 bits per heavy atom. The van der Waals surface area contributed by atoms with Gasteiger partial charge in [0.1, 0.15) is 0 Å². The lowest BCUT2D eigenvalue weighted by molar-refractivity contribution is -0.151. The van der Waals surface area contributed by atoms with Gasteiger partial charge in [0, 0.05) is 18.1 Å². The highest BCUT2D eigenvalue weighted by Crippen LogP contribution is 2.22. The van der Waals surface area contributed by atoms with Crippen LogP contribution in [0.4, 0.5) is 0 Å². The van der Waals surface area contributed by atoms with E-state index in [1.165, 1.54) is 51.0 Å². The SMILES string of the molecule is CCCCCCCCCCCCC(NC(=O)C(N)CCC(=O)O)C1=CC(=O)OC1O. The summed E-state index contributed by atoms with van der Waals surface area (Å²) < 4.78 is 4.74. The molecule has 0 bridgehead atoms. The first-order valence-corrected chi connectivity index (χ1v) is 11.2. The largest absolute Gasteiger partial charge is 0.481 e. The summed E-state index contributed by atoms with van der Waals surface area (Å²) in [5.41, 5.74) is 6.09. The number of aliphatic hydroxyl groups is 1. The van der Waals surface area contributed by atoms with Crippen LogP contribution in [0.1, 0.15) is 90.4 Å². The molecule has 1 aliphatic rings. The second-order valence-electron chi connectivity index (χ2n) is 8.00. The molecule has 30 heavy (non-hydrogen) atoms. The van der Waals surface area contributed by atoms with Crippen LogP contribution < -0.4 is 11.1 Å². The topological polar surface area (TPSA) is 139 Å². The first-order chi connectivity index (χ1) is 14.3. The molecule has 0 aromatic carbocycles. The number of carbonyl (C=O) groups is 3. The van der Waals surface area contributed by atoms with Gasteiger partial charge in [-0.05, 0) is 12.8 Å². The van der Waals surface area contributed by atoms with Crippen LogP contribution in [0.15, 0.2) is 11.6 Å². The van der Waals surface area contributed by atoms with Crippen molar-refractivity contribution < 1.29 is 29.3 Å². The van der Waals surface area contributed by atoms with Crippen molar-refractivity contribution >= 4 is 17.8 Å². The molecule has 0 spiro atoms. The number of aliphatic hydroxyl groups excluding tert-OH is 1. The van der Waals surface area contributed by atoms with Crippen LogP contribution in [-0.4, -0.2) is 46.4 Å². The first kappa shape index (κ1) is 26.1. The van der Waals surface area contributed by atoms with Gasteiger partial charge in [-0.1, -0.05) is 71.1 Å². The van der Waals surface area contributed by atoms with E-state index in [0.717, 1.165) is 19.3 Å². The minimum absolute atomic E-state index is 0.0170. The van der Waals surface area contributed by atoms with Crippen molar-refractivity contribution in [1.29, 1.82) is 0 Å². The summed E-state index contributed by atoms with van der Waals surface area (Å²) in [7, 11) is 0. The fourth-order valence-corrected chi connectivity index (χ4v) is 3.54. The number of amides is 1. The Balaban J connectivity index is 2.42. The van der Waals surface area contributed by atoms with Crippen molar-refractivity contribution in [2.45, 2.75) is 109 Å². The van der Waals surface area contributed by atoms with E-state index >= 15 is 0 Å². The summed E-state index contributed by atoms with van der Waals surface area (Å²) in [5.74, 6) is -2.16. The fourth-order valence-electron chi connectivity index (χ4n) is 3.54. The molecular weight excluding hydrogens is 388 g/mol. The first-order valence-electron chi connectivity index (χ1n) is 11.2. The molecular formula is C22H38N2O6. The number of aliphatic carboxylic acids is 1. The highest BCUT2D eigenvalue weighted by atomic mass is 16.6. The lowest BCUT2D eigenvalue weighted by atomic mass is 9.98. The zero-order valence-corrected chi connectivity index (χ0v) is 18.1. The highest BCUT2D eigenvalue weighted by Gasteiger charge is 2.31. The minimum atomic E-state index is -1.37. The molecule has 0 aromatic heterocycles. The van der Waals surface area contributed by atoms with Gasteiger partial charge in [-0.15, -0.1) is 0 Å². The van der Waals surface area contributed by atoms with Crippen LogP contribution in [-0.2, 0) is 19.1 Å². The summed E-state index contributed by atoms with van der Waals surface area (Å²) in [6, 6.07) is -1.53. The summed E-state index contributed by atoms with van der Waals surface area (Å²) in [5, 5.41) is 21.4. The van der Waals surface area contributed by atoms with Crippen LogP contribution in [0.5, 0.6) is 0 Å². The number of carbonyl (C=O) groups excluding carboxylic acids is 2. The average molecular weight is 427 g/mol. The molecule has 3 atom stereocenters. The third-order valence-electron chi connectivity index (χ3n) is 5.37. The highest BCUT2D eigenvalue weighted by molar-refractivity contribution is 5.87. The second kappa shape index (κ2) is 15.0. The van der Waals surface area contributed by atoms with Crippen molar-refractivity contribution in [3.8, 4) is 0 Å². The fraction of sp³-hybridized carbons (Fsp3) is 0.773. The molecule has 1 rings (SSSR count). The van der Waals surface area contributed by atoms with E-state index in [2.05, 4.69) is 12.2 Å². The number of hydrogen-bond acceptors (Lipinski definition) is 6. The van der Waals surface area contributed by atoms with Crippen LogP contribution in [0.3, 0.4) is 0 Å². The van der Waals surface area contributed by atoms with Crippen molar-refractivity contribution in [2.75, 3.05) is 0 Å². The third-order valence-corrected chi connectivity index (χ3v) is 5.37. The molecule has 8 heteroatoms. The number of rotatable bonds is 17. The molecule has 0 saturated heterocycles. The minimum Gasteiger partial charge on any atom is -0.481 e. The van der Waals surface area contributed by atoms with E-state index in [9.17, 15) is 19.5 Å². The van der Waals surface area contributed by atoms with Crippen LogP contribution in [0.25, 0.3) is 0 Å². The number of carboxylic acid groups (broad SMARTS) is 1. The van der Waals surface area contributed by atoms with Gasteiger partial charge in [0.15, 0.2) is 0 Å². The second-order valence-corrected chi connectivity index (χ2v) is 8.00. The number of cyclic esters (lactones) is 1. The lowest BCUT2D eigenvalue weighted by Crippen LogP contribution is -2.47. The molecule has 8 nitrogen and oxygen atoms in total. The smallest absolute Gasteiger partial charge is 0.333 e. The van der Waals surface area contributed by atoms with Crippen molar-refractivity contribution in [3.05, 3.63) is 11.6 Å². The maximum Gasteiger partial charge on any atom is 0.333 e. The Morgan fingerprint density at radius 2 is 1.63 bits per heavy atom. The zero-order chi connectivity index (χ0) is 22.4. The van der Waals surface area contributed by atoms with E-state index in [1.54, 1.807) is 0 Å². The quantitative estimate of drug-likeness (QED) is 0.207. The molecule has 172 valence electrons. The van der Waals surface area contributed by atoms with Crippen LogP contribution in [0, 0.1) is 0 Å². The van der Waals surface area contributed by atoms with Gasteiger partial charge in [0.2, 0.25) is 12.2 Å². The Bertz CT molecular complexity index is 578. The molecule has 0 aliphatic carbocycles. The molecule has 0 radical (unpaired) electrons. The number of esters is 1. The Morgan fingerprint density at radius 3 is 2.13 bits per heavy atom. The summed E-state index contributed by atoms with van der Waals surface area (Å²) in [4.78, 5) is 34.4. The number of nitrogens with one attached hydrogen (secondary N) is 1. The molecule has 1 heterocycles. The Labute approximate surface area is 179 Å². The van der Waals surface area contributed by atoms with E-state index < -0.39 is 36.2 Å². The van der Waals surface area contributed by atoms with Gasteiger partial charge >= 0.3 is 11.9 Å². The van der Waals surface area contributed by atoms with Crippen molar-refractivity contribution in [3.63, 3.8) is 0 Å². The summed E-state index contributed by atoms with van der Waals surface area (Å²) in [6.45, 7) is 2.21. The molecule has 5 N–H and O–H groups in total. The zero-order valence-electron chi connectivity index (χ0n) is 18.1. The monoisotopic (exact) mass is 426 g/mol. The molecule has 0 saturated carbocycles. The number of ether oxygens (including phenoxy) is 1. The van der Waals surface area contributed by atoms with Gasteiger partial charge in [-0.2, -0.15) is 0 Å². The predicted molar refractivity (Wildman–Crippen MR) is 113 cm³/mol. The van der Waals surface area contributed by atoms with Gasteiger partial charge in [0.25, 0.3) is 0 Å². The third kappa shape index (κ3) is 10.7. The van der Waals surface area contributed by atoms with Gasteiger partial charge in [-0.25, -0.2) is 4.79 Å². The summed E-state index contributed by atoms with van der Waals surface area (Å²) in [6.07, 6.45) is 11.9. The maximum absolute atomic E-state index is 12.3. The summed E-state index contributed by atoms with van der Waals surface area (Å²) >= 11 is 0. The number of nitrogens with two attached hydrogens (primary N) is 1. The molecule has 1 amide bonds. The lowest BCUT2D eigenvalue weighted by Gasteiger charge is -2.23. The van der Waals surface area contributed by atoms with E-state index in [1.807, 2.05) is 0 Å². The molecule has 3 unspecified atom stereocenters.